The number of amides is 5. The number of likely N-dealkylation sites (N-methyl/N-ethyl adjacent to an activating group) is 1. The van der Waals surface area contributed by atoms with Crippen LogP contribution < -0.4 is 5.32 Å². The van der Waals surface area contributed by atoms with Gasteiger partial charge in [0.2, 0.25) is 29.5 Å². The second-order valence-electron chi connectivity index (χ2n) is 26.5. The molecule has 0 aromatic heterocycles. The number of nitrogens with zero attached hydrogens (tertiary/aromatic N) is 5. The molecule has 88 heavy (non-hydrogen) atoms. The molecular weight excluding hydrogens is 1090 g/mol. The highest BCUT2D eigenvalue weighted by Gasteiger charge is 2.32. The SMILES string of the molecule is CC(C)[C@@H](Cc1ccccc1)C(=O)N(C)C.CC(C)[C@@H](Cc1ccccc1)C(=O)N1CCCCC1.CC(C)[C@@H](Cc1ccccc1)C(=O)N1CCN(C)CC1.CC(C)[C@H](C(=O)N1CCCCC1)c1ccccc1.CNC(=O)[C@H](Cc1ccccc1)C(C)C. The number of carbonyl (C=O) groups excluding carboxylic acids is 5. The van der Waals surface area contributed by atoms with Gasteiger partial charge < -0.3 is 29.8 Å². The third-order valence-corrected chi connectivity index (χ3v) is 17.6. The van der Waals surface area contributed by atoms with Gasteiger partial charge in [-0.3, -0.25) is 24.0 Å². The lowest BCUT2D eigenvalue weighted by atomic mass is 9.87. The van der Waals surface area contributed by atoms with E-state index in [9.17, 15) is 24.0 Å². The third kappa shape index (κ3) is 25.9. The Morgan fingerprint density at radius 2 is 0.670 bits per heavy atom. The Kier molecular flexibility index (Phi) is 33.7. The molecule has 0 spiro atoms. The maximum absolute atomic E-state index is 12.8. The summed E-state index contributed by atoms with van der Waals surface area (Å²) < 4.78 is 0. The summed E-state index contributed by atoms with van der Waals surface area (Å²) in [5.41, 5.74) is 6.14. The van der Waals surface area contributed by atoms with Crippen LogP contribution in [0.3, 0.4) is 0 Å². The minimum atomic E-state index is 0.0179. The maximum Gasteiger partial charge on any atom is 0.230 e. The van der Waals surface area contributed by atoms with E-state index in [1.807, 2.05) is 97.9 Å². The molecule has 5 aromatic rings. The Balaban J connectivity index is 0.000000236. The van der Waals surface area contributed by atoms with Crippen LogP contribution in [0.25, 0.3) is 0 Å². The highest BCUT2D eigenvalue weighted by Crippen LogP contribution is 2.29. The Hall–Kier alpha value is -6.59. The number of likely N-dealkylation sites (tertiary alicyclic amines) is 2. The lowest BCUT2D eigenvalue weighted by Gasteiger charge is -2.35. The molecule has 0 saturated carbocycles. The number of hydrogen-bond donors (Lipinski definition) is 1. The fourth-order valence-corrected chi connectivity index (χ4v) is 11.8. The molecule has 482 valence electrons. The first-order chi connectivity index (χ1) is 42.1. The summed E-state index contributed by atoms with van der Waals surface area (Å²) in [6.45, 7) is 28.8. The van der Waals surface area contributed by atoms with Gasteiger partial charge in [-0.1, -0.05) is 221 Å². The quantitative estimate of drug-likeness (QED) is 0.0881. The van der Waals surface area contributed by atoms with Crippen LogP contribution in [-0.2, 0) is 49.7 Å². The van der Waals surface area contributed by atoms with Crippen molar-refractivity contribution in [2.45, 2.75) is 139 Å². The molecule has 0 bridgehead atoms. The number of piperazine rings is 1. The smallest absolute Gasteiger partial charge is 0.230 e. The summed E-state index contributed by atoms with van der Waals surface area (Å²) in [7, 11) is 7.46. The van der Waals surface area contributed by atoms with Crippen molar-refractivity contribution in [2.24, 2.45) is 53.3 Å². The van der Waals surface area contributed by atoms with Crippen LogP contribution in [0, 0.1) is 53.3 Å². The van der Waals surface area contributed by atoms with Gasteiger partial charge in [-0.2, -0.15) is 0 Å². The Bertz CT molecular complexity index is 2700. The van der Waals surface area contributed by atoms with E-state index in [0.717, 1.165) is 96.4 Å². The number of carbonyl (C=O) groups is 5. The number of rotatable bonds is 19. The molecule has 11 heteroatoms. The molecule has 8 rings (SSSR count). The van der Waals surface area contributed by atoms with Gasteiger partial charge in [-0.25, -0.2) is 0 Å². The van der Waals surface area contributed by atoms with E-state index in [4.69, 9.17) is 0 Å². The Labute approximate surface area is 533 Å². The third-order valence-electron chi connectivity index (χ3n) is 17.6. The average molecular weight is 1200 g/mol. The van der Waals surface area contributed by atoms with Crippen molar-refractivity contribution in [3.8, 4) is 0 Å². The summed E-state index contributed by atoms with van der Waals surface area (Å²) in [4.78, 5) is 71.9. The molecule has 1 N–H and O–H groups in total. The van der Waals surface area contributed by atoms with E-state index in [0.29, 0.717) is 47.3 Å². The first-order valence-electron chi connectivity index (χ1n) is 33.3. The second kappa shape index (κ2) is 40.1. The fourth-order valence-electron chi connectivity index (χ4n) is 11.8. The van der Waals surface area contributed by atoms with E-state index in [1.54, 1.807) is 11.9 Å². The number of benzene rings is 5. The van der Waals surface area contributed by atoms with Gasteiger partial charge in [0.1, 0.15) is 0 Å². The van der Waals surface area contributed by atoms with Crippen LogP contribution in [0.5, 0.6) is 0 Å². The van der Waals surface area contributed by atoms with Gasteiger partial charge in [-0.15, -0.1) is 0 Å². The summed E-state index contributed by atoms with van der Waals surface area (Å²) in [5.74, 6) is 3.61. The molecule has 0 unspecified atom stereocenters. The van der Waals surface area contributed by atoms with Crippen LogP contribution in [0.15, 0.2) is 152 Å². The van der Waals surface area contributed by atoms with Crippen molar-refractivity contribution in [1.29, 1.82) is 0 Å². The highest BCUT2D eigenvalue weighted by molar-refractivity contribution is 5.84. The molecular formula is C77H114N6O5. The van der Waals surface area contributed by atoms with Crippen molar-refractivity contribution >= 4 is 29.5 Å². The van der Waals surface area contributed by atoms with Crippen LogP contribution in [0.4, 0.5) is 0 Å². The van der Waals surface area contributed by atoms with Crippen molar-refractivity contribution < 1.29 is 24.0 Å². The Morgan fingerprint density at radius 1 is 0.375 bits per heavy atom. The highest BCUT2D eigenvalue weighted by atomic mass is 16.2. The van der Waals surface area contributed by atoms with Crippen molar-refractivity contribution in [2.75, 3.05) is 80.5 Å². The normalized spacial score (nSPS) is 16.0. The molecule has 3 fully saturated rings. The topological polar surface area (TPSA) is 114 Å². The van der Waals surface area contributed by atoms with Crippen LogP contribution in [-0.4, -0.2) is 135 Å². The summed E-state index contributed by atoms with van der Waals surface area (Å²) in [5, 5.41) is 2.73. The summed E-state index contributed by atoms with van der Waals surface area (Å²) in [6, 6.07) is 51.3. The average Bonchev–Trinajstić information content (AvgIpc) is 3.75. The molecule has 11 nitrogen and oxygen atoms in total. The molecule has 3 aliphatic heterocycles. The van der Waals surface area contributed by atoms with Gasteiger partial charge >= 0.3 is 0 Å². The van der Waals surface area contributed by atoms with E-state index in [1.165, 1.54) is 47.9 Å². The minimum absolute atomic E-state index is 0.0179. The van der Waals surface area contributed by atoms with Crippen LogP contribution in [0.1, 0.15) is 141 Å². The molecule has 5 atom stereocenters. The van der Waals surface area contributed by atoms with E-state index >= 15 is 0 Å². The standard InChI is InChI=1S/C17H26N2O.C17H25NO.C16H23NO.C14H21NO.C13H19NO/c1-14(2)16(13-15-7-5-4-6-8-15)17(20)19-11-9-18(3)10-12-19;1-14(2)16(13-15-9-5-3-6-10-15)17(19)18-11-7-4-8-12-18;1-13(2)15(14-9-5-3-6-10-14)16(18)17-11-7-4-8-12-17;1-11(2)13(14(16)15(3)4)10-12-8-6-5-7-9-12;1-10(2)12(13(15)14-3)9-11-7-5-4-6-8-11/h4-8,14,16H,9-13H2,1-3H3;3,5-6,9-10,14,16H,4,7-8,11-13H2,1-2H3;3,5-6,9-10,13,15H,4,7-8,11-12H2,1-2H3;5-9,11,13H,10H2,1-4H3;4-8,10,12H,9H2,1-3H3,(H,14,15)/t2*16-;15-;13-;12-/m11011/s1. The summed E-state index contributed by atoms with van der Waals surface area (Å²) in [6.07, 6.45) is 10.6. The Morgan fingerprint density at radius 3 is 0.977 bits per heavy atom. The lowest BCUT2D eigenvalue weighted by molar-refractivity contribution is -0.139. The van der Waals surface area contributed by atoms with E-state index in [-0.39, 0.29) is 41.4 Å². The summed E-state index contributed by atoms with van der Waals surface area (Å²) >= 11 is 0. The zero-order chi connectivity index (χ0) is 64.5. The number of hydrogen-bond acceptors (Lipinski definition) is 6. The molecule has 3 heterocycles. The molecule has 3 aliphatic rings. The molecule has 0 aliphatic carbocycles. The molecule has 3 saturated heterocycles. The maximum atomic E-state index is 12.8. The van der Waals surface area contributed by atoms with Gasteiger partial charge in [0, 0.05) is 97.2 Å². The zero-order valence-corrected chi connectivity index (χ0v) is 56.7. The predicted molar refractivity (Wildman–Crippen MR) is 366 cm³/mol. The first kappa shape index (κ1) is 73.9. The van der Waals surface area contributed by atoms with Gasteiger partial charge in [0.15, 0.2) is 0 Å². The van der Waals surface area contributed by atoms with Crippen molar-refractivity contribution in [3.05, 3.63) is 179 Å². The number of nitrogens with one attached hydrogen (secondary N) is 1. The van der Waals surface area contributed by atoms with Crippen LogP contribution in [0.2, 0.25) is 0 Å². The monoisotopic (exact) mass is 1200 g/mol. The van der Waals surface area contributed by atoms with Crippen molar-refractivity contribution in [3.63, 3.8) is 0 Å². The fraction of sp³-hybridized carbons (Fsp3) is 0.545. The van der Waals surface area contributed by atoms with Gasteiger partial charge in [0.05, 0.1) is 5.92 Å². The molecule has 5 aromatic carbocycles. The van der Waals surface area contributed by atoms with Gasteiger partial charge in [0.25, 0.3) is 0 Å². The largest absolute Gasteiger partial charge is 0.359 e. The van der Waals surface area contributed by atoms with Gasteiger partial charge in [-0.05, 0) is 129 Å². The number of piperidine rings is 2. The van der Waals surface area contributed by atoms with Crippen molar-refractivity contribution in [1.82, 2.24) is 29.8 Å². The molecule has 0 radical (unpaired) electrons. The van der Waals surface area contributed by atoms with E-state index in [2.05, 4.69) is 169 Å². The predicted octanol–water partition coefficient (Wildman–Crippen LogP) is 14.1. The van der Waals surface area contributed by atoms with Crippen LogP contribution >= 0.6 is 0 Å². The second-order valence-corrected chi connectivity index (χ2v) is 26.5. The minimum Gasteiger partial charge on any atom is -0.359 e. The zero-order valence-electron chi connectivity index (χ0n) is 56.7. The first-order valence-corrected chi connectivity index (χ1v) is 33.3. The molecule has 5 amide bonds. The van der Waals surface area contributed by atoms with E-state index < -0.39 is 0 Å². The lowest BCUT2D eigenvalue weighted by Crippen LogP contribution is -2.50.